The fraction of sp³-hybridized carbons (Fsp3) is 0.364. The molecule has 0 bridgehead atoms. The molecule has 1 aliphatic rings. The Morgan fingerprint density at radius 1 is 1.00 bits per heavy atom. The highest BCUT2D eigenvalue weighted by Gasteiger charge is 2.21. The molecule has 7 heteroatoms. The van der Waals surface area contributed by atoms with Crippen LogP contribution in [0.5, 0.6) is 0 Å². The Balaban J connectivity index is 1.44. The quantitative estimate of drug-likeness (QED) is 0.816. The topological polar surface area (TPSA) is 67.9 Å². The Hall–Kier alpha value is -3.22. The van der Waals surface area contributed by atoms with Gasteiger partial charge in [0.15, 0.2) is 0 Å². The number of amides is 3. The number of anilines is 3. The Kier molecular flexibility index (Phi) is 6.59. The fourth-order valence-corrected chi connectivity index (χ4v) is 3.35. The standard InChI is InChI=1S/C22H29N5O2/c1-17-15-19(25(2)3)9-10-20(17)24-22(29)23-16-21(28)27-13-11-26(12-14-27)18-7-5-4-6-8-18/h4-10,15H,11-14,16H2,1-3H3,(H2,23,24,29). The number of urea groups is 1. The summed E-state index contributed by atoms with van der Waals surface area (Å²) in [6.07, 6.45) is 0. The van der Waals surface area contributed by atoms with E-state index in [0.29, 0.717) is 13.1 Å². The highest BCUT2D eigenvalue weighted by Crippen LogP contribution is 2.21. The van der Waals surface area contributed by atoms with E-state index in [0.717, 1.165) is 30.0 Å². The van der Waals surface area contributed by atoms with E-state index in [1.54, 1.807) is 4.90 Å². The van der Waals surface area contributed by atoms with E-state index >= 15 is 0 Å². The lowest BCUT2D eigenvalue weighted by Gasteiger charge is -2.36. The number of hydrogen-bond acceptors (Lipinski definition) is 4. The van der Waals surface area contributed by atoms with Crippen molar-refractivity contribution in [3.05, 3.63) is 54.1 Å². The molecule has 1 fully saturated rings. The first-order chi connectivity index (χ1) is 13.9. The van der Waals surface area contributed by atoms with Crippen LogP contribution in [-0.2, 0) is 4.79 Å². The predicted octanol–water partition coefficient (Wildman–Crippen LogP) is 2.53. The highest BCUT2D eigenvalue weighted by molar-refractivity contribution is 5.93. The van der Waals surface area contributed by atoms with Crippen LogP contribution in [-0.4, -0.2) is 63.7 Å². The number of rotatable bonds is 5. The molecule has 3 amide bonds. The summed E-state index contributed by atoms with van der Waals surface area (Å²) in [5, 5.41) is 5.49. The van der Waals surface area contributed by atoms with Gasteiger partial charge in [-0.1, -0.05) is 18.2 Å². The Morgan fingerprint density at radius 2 is 1.69 bits per heavy atom. The molecule has 2 N–H and O–H groups in total. The molecule has 0 aliphatic carbocycles. The maximum atomic E-state index is 12.4. The van der Waals surface area contributed by atoms with Crippen LogP contribution >= 0.6 is 0 Å². The first-order valence-corrected chi connectivity index (χ1v) is 9.84. The van der Waals surface area contributed by atoms with Crippen LogP contribution in [0.25, 0.3) is 0 Å². The van der Waals surface area contributed by atoms with Crippen molar-refractivity contribution in [2.75, 3.05) is 61.9 Å². The number of carbonyl (C=O) groups excluding carboxylic acids is 2. The largest absolute Gasteiger partial charge is 0.378 e. The van der Waals surface area contributed by atoms with Gasteiger partial charge in [0.05, 0.1) is 6.54 Å². The molecule has 154 valence electrons. The number of para-hydroxylation sites is 1. The van der Waals surface area contributed by atoms with Crippen LogP contribution in [0.15, 0.2) is 48.5 Å². The molecule has 0 radical (unpaired) electrons. The molecule has 3 rings (SSSR count). The number of carbonyl (C=O) groups is 2. The van der Waals surface area contributed by atoms with Crippen LogP contribution in [0.4, 0.5) is 21.9 Å². The van der Waals surface area contributed by atoms with Crippen LogP contribution in [0, 0.1) is 6.92 Å². The number of nitrogens with one attached hydrogen (secondary N) is 2. The maximum absolute atomic E-state index is 12.4. The summed E-state index contributed by atoms with van der Waals surface area (Å²) in [5.41, 5.74) is 3.94. The van der Waals surface area contributed by atoms with Crippen LogP contribution in [0.2, 0.25) is 0 Å². The van der Waals surface area contributed by atoms with E-state index in [9.17, 15) is 9.59 Å². The molecule has 1 aliphatic heterocycles. The van der Waals surface area contributed by atoms with Gasteiger partial charge in [-0.3, -0.25) is 4.79 Å². The first-order valence-electron chi connectivity index (χ1n) is 9.84. The first kappa shape index (κ1) is 20.5. The summed E-state index contributed by atoms with van der Waals surface area (Å²) in [4.78, 5) is 30.7. The maximum Gasteiger partial charge on any atom is 0.319 e. The minimum absolute atomic E-state index is 0.00794. The smallest absolute Gasteiger partial charge is 0.319 e. The number of hydrogen-bond donors (Lipinski definition) is 2. The number of benzene rings is 2. The second-order valence-corrected chi connectivity index (χ2v) is 7.40. The lowest BCUT2D eigenvalue weighted by atomic mass is 10.1. The molecule has 29 heavy (non-hydrogen) atoms. The molecule has 0 spiro atoms. The van der Waals surface area contributed by atoms with Gasteiger partial charge in [-0.25, -0.2) is 4.79 Å². The minimum atomic E-state index is -0.373. The van der Waals surface area contributed by atoms with E-state index in [2.05, 4.69) is 27.7 Å². The third-order valence-electron chi connectivity index (χ3n) is 5.13. The van der Waals surface area contributed by atoms with Crippen molar-refractivity contribution in [1.29, 1.82) is 0 Å². The van der Waals surface area contributed by atoms with E-state index < -0.39 is 0 Å². The Morgan fingerprint density at radius 3 is 2.31 bits per heavy atom. The van der Waals surface area contributed by atoms with Crippen LogP contribution < -0.4 is 20.4 Å². The lowest BCUT2D eigenvalue weighted by molar-refractivity contribution is -0.130. The molecular formula is C22H29N5O2. The van der Waals surface area contributed by atoms with Gasteiger partial charge < -0.3 is 25.3 Å². The summed E-state index contributed by atoms with van der Waals surface area (Å²) < 4.78 is 0. The SMILES string of the molecule is Cc1cc(N(C)C)ccc1NC(=O)NCC(=O)N1CCN(c2ccccc2)CC1. The van der Waals surface area contributed by atoms with Crippen molar-refractivity contribution in [3.63, 3.8) is 0 Å². The molecule has 0 aromatic heterocycles. The van der Waals surface area contributed by atoms with Crippen molar-refractivity contribution in [2.45, 2.75) is 6.92 Å². The van der Waals surface area contributed by atoms with Crippen molar-refractivity contribution in [3.8, 4) is 0 Å². The third-order valence-corrected chi connectivity index (χ3v) is 5.13. The molecule has 0 atom stereocenters. The molecule has 2 aromatic carbocycles. The molecule has 0 saturated carbocycles. The second-order valence-electron chi connectivity index (χ2n) is 7.40. The highest BCUT2D eigenvalue weighted by atomic mass is 16.2. The zero-order chi connectivity index (χ0) is 20.8. The fourth-order valence-electron chi connectivity index (χ4n) is 3.35. The Labute approximate surface area is 172 Å². The van der Waals surface area contributed by atoms with Crippen molar-refractivity contribution >= 4 is 29.0 Å². The molecule has 1 heterocycles. The minimum Gasteiger partial charge on any atom is -0.378 e. The van der Waals surface area contributed by atoms with Crippen molar-refractivity contribution < 1.29 is 9.59 Å². The molecule has 1 saturated heterocycles. The second kappa shape index (κ2) is 9.32. The predicted molar refractivity (Wildman–Crippen MR) is 118 cm³/mol. The number of nitrogens with zero attached hydrogens (tertiary/aromatic N) is 3. The summed E-state index contributed by atoms with van der Waals surface area (Å²) in [7, 11) is 3.94. The molecule has 0 unspecified atom stereocenters. The number of aryl methyl sites for hydroxylation is 1. The lowest BCUT2D eigenvalue weighted by Crippen LogP contribution is -2.51. The molecule has 2 aromatic rings. The average molecular weight is 396 g/mol. The zero-order valence-corrected chi connectivity index (χ0v) is 17.3. The number of piperazine rings is 1. The zero-order valence-electron chi connectivity index (χ0n) is 17.3. The van der Waals surface area contributed by atoms with Gasteiger partial charge in [-0.15, -0.1) is 0 Å². The van der Waals surface area contributed by atoms with Crippen molar-refractivity contribution in [2.24, 2.45) is 0 Å². The normalized spacial score (nSPS) is 13.8. The summed E-state index contributed by atoms with van der Waals surface area (Å²) in [6.45, 7) is 4.83. The Bertz CT molecular complexity index is 846. The van der Waals surface area contributed by atoms with Crippen LogP contribution in [0.3, 0.4) is 0 Å². The van der Waals surface area contributed by atoms with Gasteiger partial charge in [-0.05, 0) is 42.8 Å². The van der Waals surface area contributed by atoms with E-state index in [4.69, 9.17) is 0 Å². The van der Waals surface area contributed by atoms with E-state index in [1.807, 2.05) is 62.3 Å². The van der Waals surface area contributed by atoms with Gasteiger partial charge in [-0.2, -0.15) is 0 Å². The summed E-state index contributed by atoms with van der Waals surface area (Å²) in [6, 6.07) is 15.6. The summed E-state index contributed by atoms with van der Waals surface area (Å²) in [5.74, 6) is -0.0625. The van der Waals surface area contributed by atoms with Gasteiger partial charge in [0.1, 0.15) is 0 Å². The van der Waals surface area contributed by atoms with E-state index in [1.165, 1.54) is 5.69 Å². The van der Waals surface area contributed by atoms with Gasteiger partial charge >= 0.3 is 6.03 Å². The average Bonchev–Trinajstić information content (AvgIpc) is 2.74. The van der Waals surface area contributed by atoms with Crippen molar-refractivity contribution in [1.82, 2.24) is 10.2 Å². The third kappa shape index (κ3) is 5.40. The van der Waals surface area contributed by atoms with Gasteiger partial charge in [0, 0.05) is 57.3 Å². The van der Waals surface area contributed by atoms with Gasteiger partial charge in [0.25, 0.3) is 0 Å². The summed E-state index contributed by atoms with van der Waals surface area (Å²) >= 11 is 0. The molecular weight excluding hydrogens is 366 g/mol. The molecule has 7 nitrogen and oxygen atoms in total. The monoisotopic (exact) mass is 395 g/mol. The van der Waals surface area contributed by atoms with E-state index in [-0.39, 0.29) is 18.5 Å². The van der Waals surface area contributed by atoms with Gasteiger partial charge in [0.2, 0.25) is 5.91 Å². The van der Waals surface area contributed by atoms with Crippen LogP contribution in [0.1, 0.15) is 5.56 Å².